The van der Waals surface area contributed by atoms with Gasteiger partial charge in [0.05, 0.1) is 11.5 Å². The number of piperazine rings is 1. The largest absolute Gasteiger partial charge is 0.307 e. The molecule has 12 heavy (non-hydrogen) atoms. The predicted molar refractivity (Wildman–Crippen MR) is 49.5 cm³/mol. The summed E-state index contributed by atoms with van der Waals surface area (Å²) in [5.74, 6) is 0.170. The number of hydrogen-bond donors (Lipinski definition) is 1. The first kappa shape index (κ1) is 7.76. The van der Waals surface area contributed by atoms with Gasteiger partial charge in [0.2, 0.25) is 5.91 Å². The van der Waals surface area contributed by atoms with Gasteiger partial charge in [-0.1, -0.05) is 0 Å². The van der Waals surface area contributed by atoms with Crippen molar-refractivity contribution in [3.05, 3.63) is 17.5 Å². The number of hydrogen-bond acceptors (Lipinski definition) is 3. The van der Waals surface area contributed by atoms with Gasteiger partial charge in [0.1, 0.15) is 0 Å². The number of nitrogens with zero attached hydrogens (tertiary/aromatic N) is 1. The van der Waals surface area contributed by atoms with Crippen LogP contribution >= 0.6 is 11.3 Å². The van der Waals surface area contributed by atoms with Gasteiger partial charge in [-0.25, -0.2) is 0 Å². The maximum atomic E-state index is 11.4. The predicted octanol–water partition coefficient (Wildman–Crippen LogP) is 0.684. The van der Waals surface area contributed by atoms with Crippen molar-refractivity contribution in [3.8, 4) is 0 Å². The van der Waals surface area contributed by atoms with Crippen LogP contribution in [0.5, 0.6) is 0 Å². The van der Waals surface area contributed by atoms with Crippen LogP contribution in [0.4, 0.5) is 5.00 Å². The Kier molecular flexibility index (Phi) is 2.10. The Bertz CT molecular complexity index is 271. The summed E-state index contributed by atoms with van der Waals surface area (Å²) < 4.78 is 0. The fourth-order valence-corrected chi connectivity index (χ4v) is 2.04. The van der Waals surface area contributed by atoms with Gasteiger partial charge >= 0.3 is 0 Å². The zero-order valence-corrected chi connectivity index (χ0v) is 7.43. The van der Waals surface area contributed by atoms with Crippen LogP contribution in [0.1, 0.15) is 0 Å². The molecule has 2 heterocycles. The van der Waals surface area contributed by atoms with Crippen LogP contribution in [0, 0.1) is 0 Å². The van der Waals surface area contributed by atoms with E-state index in [1.165, 1.54) is 0 Å². The number of rotatable bonds is 1. The third kappa shape index (κ3) is 1.35. The quantitative estimate of drug-likeness (QED) is 0.693. The molecule has 1 N–H and O–H groups in total. The van der Waals surface area contributed by atoms with E-state index in [4.69, 9.17) is 0 Å². The van der Waals surface area contributed by atoms with Crippen LogP contribution in [-0.2, 0) is 4.79 Å². The molecule has 0 unspecified atom stereocenters. The minimum Gasteiger partial charge on any atom is -0.307 e. The van der Waals surface area contributed by atoms with E-state index in [1.807, 2.05) is 22.4 Å². The Morgan fingerprint density at radius 3 is 3.17 bits per heavy atom. The van der Waals surface area contributed by atoms with E-state index in [0.717, 1.165) is 18.1 Å². The van der Waals surface area contributed by atoms with Gasteiger partial charge in [0, 0.05) is 13.1 Å². The molecule has 1 aliphatic heterocycles. The maximum absolute atomic E-state index is 11.4. The number of nitrogens with one attached hydrogen (secondary N) is 1. The lowest BCUT2D eigenvalue weighted by Crippen LogP contribution is -2.47. The molecule has 1 fully saturated rings. The zero-order valence-electron chi connectivity index (χ0n) is 6.62. The van der Waals surface area contributed by atoms with Gasteiger partial charge in [-0.3, -0.25) is 4.79 Å². The summed E-state index contributed by atoms with van der Waals surface area (Å²) in [5, 5.41) is 6.09. The van der Waals surface area contributed by atoms with Gasteiger partial charge < -0.3 is 10.2 Å². The first-order chi connectivity index (χ1) is 5.88. The van der Waals surface area contributed by atoms with Crippen LogP contribution in [-0.4, -0.2) is 25.5 Å². The lowest BCUT2D eigenvalue weighted by atomic mass is 10.3. The van der Waals surface area contributed by atoms with Gasteiger partial charge in [0.15, 0.2) is 0 Å². The van der Waals surface area contributed by atoms with E-state index in [0.29, 0.717) is 6.54 Å². The highest BCUT2D eigenvalue weighted by molar-refractivity contribution is 7.14. The lowest BCUT2D eigenvalue weighted by Gasteiger charge is -2.25. The molecule has 1 aromatic rings. The zero-order chi connectivity index (χ0) is 8.39. The smallest absolute Gasteiger partial charge is 0.241 e. The first-order valence-electron chi connectivity index (χ1n) is 3.92. The van der Waals surface area contributed by atoms with E-state index in [2.05, 4.69) is 5.32 Å². The van der Waals surface area contributed by atoms with Gasteiger partial charge in [-0.2, -0.15) is 0 Å². The molecule has 0 aromatic carbocycles. The van der Waals surface area contributed by atoms with E-state index in [1.54, 1.807) is 11.3 Å². The average molecular weight is 182 g/mol. The molecule has 1 saturated heterocycles. The standard InChI is InChI=1S/C8H10N2OS/c11-7-6-9-3-4-10(7)8-2-1-5-12-8/h1-2,5,9H,3-4,6H2. The lowest BCUT2D eigenvalue weighted by molar-refractivity contribution is -0.118. The molecule has 3 nitrogen and oxygen atoms in total. The number of anilines is 1. The Labute approximate surface area is 75.0 Å². The van der Waals surface area contributed by atoms with E-state index < -0.39 is 0 Å². The molecular weight excluding hydrogens is 172 g/mol. The highest BCUT2D eigenvalue weighted by Gasteiger charge is 2.19. The van der Waals surface area contributed by atoms with E-state index >= 15 is 0 Å². The highest BCUT2D eigenvalue weighted by Crippen LogP contribution is 2.21. The molecule has 0 aliphatic carbocycles. The van der Waals surface area contributed by atoms with Gasteiger partial charge in [0.25, 0.3) is 0 Å². The molecule has 2 rings (SSSR count). The van der Waals surface area contributed by atoms with Crippen molar-refractivity contribution in [2.24, 2.45) is 0 Å². The Hall–Kier alpha value is -0.870. The molecule has 64 valence electrons. The van der Waals surface area contributed by atoms with Crippen LogP contribution in [0.25, 0.3) is 0 Å². The molecule has 0 saturated carbocycles. The Balaban J connectivity index is 2.17. The summed E-state index contributed by atoms with van der Waals surface area (Å²) in [7, 11) is 0. The Morgan fingerprint density at radius 1 is 1.58 bits per heavy atom. The SMILES string of the molecule is O=C1CNCCN1c1cccs1. The summed E-state index contributed by atoms with van der Waals surface area (Å²) in [6, 6.07) is 3.95. The van der Waals surface area contributed by atoms with Crippen LogP contribution in [0.15, 0.2) is 17.5 Å². The van der Waals surface area contributed by atoms with Crippen LogP contribution in [0.3, 0.4) is 0 Å². The molecule has 1 aromatic heterocycles. The van der Waals surface area contributed by atoms with Crippen molar-refractivity contribution in [1.82, 2.24) is 5.32 Å². The monoisotopic (exact) mass is 182 g/mol. The molecule has 0 bridgehead atoms. The van der Waals surface area contributed by atoms with Crippen molar-refractivity contribution in [1.29, 1.82) is 0 Å². The van der Waals surface area contributed by atoms with Gasteiger partial charge in [-0.05, 0) is 17.5 Å². The summed E-state index contributed by atoms with van der Waals surface area (Å²) in [5.41, 5.74) is 0. The van der Waals surface area contributed by atoms with Crippen LogP contribution in [0.2, 0.25) is 0 Å². The topological polar surface area (TPSA) is 32.3 Å². The normalized spacial score (nSPS) is 18.3. The van der Waals surface area contributed by atoms with Crippen LogP contribution < -0.4 is 10.2 Å². The van der Waals surface area contributed by atoms with Crippen molar-refractivity contribution >= 4 is 22.2 Å². The van der Waals surface area contributed by atoms with E-state index in [9.17, 15) is 4.79 Å². The molecular formula is C8H10N2OS. The second-order valence-electron chi connectivity index (χ2n) is 2.67. The minimum atomic E-state index is 0.170. The summed E-state index contributed by atoms with van der Waals surface area (Å²) in [6.07, 6.45) is 0. The molecule has 0 radical (unpaired) electrons. The molecule has 1 aliphatic rings. The highest BCUT2D eigenvalue weighted by atomic mass is 32.1. The number of thiophene rings is 1. The molecule has 4 heteroatoms. The third-order valence-electron chi connectivity index (χ3n) is 1.86. The average Bonchev–Trinajstić information content (AvgIpc) is 2.57. The fraction of sp³-hybridized carbons (Fsp3) is 0.375. The fourth-order valence-electron chi connectivity index (χ4n) is 1.26. The molecule has 1 amide bonds. The van der Waals surface area contributed by atoms with Crippen molar-refractivity contribution in [2.75, 3.05) is 24.5 Å². The number of carbonyl (C=O) groups is 1. The van der Waals surface area contributed by atoms with Crippen molar-refractivity contribution < 1.29 is 4.79 Å². The van der Waals surface area contributed by atoms with E-state index in [-0.39, 0.29) is 5.91 Å². The van der Waals surface area contributed by atoms with Gasteiger partial charge in [-0.15, -0.1) is 11.3 Å². The first-order valence-corrected chi connectivity index (χ1v) is 4.80. The second-order valence-corrected chi connectivity index (χ2v) is 3.60. The number of carbonyl (C=O) groups excluding carboxylic acids is 1. The Morgan fingerprint density at radius 2 is 2.50 bits per heavy atom. The third-order valence-corrected chi connectivity index (χ3v) is 2.75. The van der Waals surface area contributed by atoms with Crippen molar-refractivity contribution in [3.63, 3.8) is 0 Å². The maximum Gasteiger partial charge on any atom is 0.241 e. The summed E-state index contributed by atoms with van der Waals surface area (Å²) in [4.78, 5) is 13.2. The minimum absolute atomic E-state index is 0.170. The molecule has 0 atom stereocenters. The summed E-state index contributed by atoms with van der Waals surface area (Å²) in [6.45, 7) is 2.15. The van der Waals surface area contributed by atoms with Crippen molar-refractivity contribution in [2.45, 2.75) is 0 Å². The second kappa shape index (κ2) is 3.25. The summed E-state index contributed by atoms with van der Waals surface area (Å²) >= 11 is 1.61. The molecule has 0 spiro atoms. The number of amides is 1.